The molecule has 1 aliphatic carbocycles. The Morgan fingerprint density at radius 1 is 1.07 bits per heavy atom. The summed E-state index contributed by atoms with van der Waals surface area (Å²) in [6, 6.07) is 11.8. The SMILES string of the molecule is O=C1CCCC2=C1[C@@H](c1ccc([N+](=O)[O-])cc1)CC(=O)N2c1cccc(C(=O)[O-])c1. The maximum Gasteiger partial charge on any atom is 0.269 e. The monoisotopic (exact) mass is 405 g/mol. The van der Waals surface area contributed by atoms with Gasteiger partial charge in [0.1, 0.15) is 0 Å². The van der Waals surface area contributed by atoms with Crippen LogP contribution < -0.4 is 10.0 Å². The van der Waals surface area contributed by atoms with Gasteiger partial charge in [-0.1, -0.05) is 24.3 Å². The van der Waals surface area contributed by atoms with E-state index in [4.69, 9.17) is 0 Å². The molecule has 0 saturated heterocycles. The third-order valence-corrected chi connectivity index (χ3v) is 5.52. The highest BCUT2D eigenvalue weighted by molar-refractivity contribution is 6.07. The molecule has 1 heterocycles. The van der Waals surface area contributed by atoms with Gasteiger partial charge in [-0.15, -0.1) is 0 Å². The quantitative estimate of drug-likeness (QED) is 0.569. The van der Waals surface area contributed by atoms with Crippen molar-refractivity contribution in [2.75, 3.05) is 4.90 Å². The summed E-state index contributed by atoms with van der Waals surface area (Å²) >= 11 is 0. The molecule has 1 aliphatic heterocycles. The zero-order chi connectivity index (χ0) is 21.4. The lowest BCUT2D eigenvalue weighted by atomic mass is 9.77. The first-order chi connectivity index (χ1) is 14.4. The van der Waals surface area contributed by atoms with E-state index in [-0.39, 0.29) is 29.4 Å². The van der Waals surface area contributed by atoms with E-state index >= 15 is 0 Å². The lowest BCUT2D eigenvalue weighted by molar-refractivity contribution is -0.384. The summed E-state index contributed by atoms with van der Waals surface area (Å²) in [6.45, 7) is 0. The fourth-order valence-corrected chi connectivity index (χ4v) is 4.18. The van der Waals surface area contributed by atoms with Crippen molar-refractivity contribution in [1.29, 1.82) is 0 Å². The van der Waals surface area contributed by atoms with Crippen LogP contribution in [0.4, 0.5) is 11.4 Å². The summed E-state index contributed by atoms with van der Waals surface area (Å²) in [5.74, 6) is -2.16. The number of carbonyl (C=O) groups excluding carboxylic acids is 3. The number of hydrogen-bond acceptors (Lipinski definition) is 6. The molecule has 2 aliphatic rings. The minimum atomic E-state index is -1.35. The number of Topliss-reactive ketones (excluding diaryl/α,β-unsaturated/α-hetero) is 1. The molecule has 0 unspecified atom stereocenters. The normalized spacial score (nSPS) is 18.9. The van der Waals surface area contributed by atoms with E-state index in [1.165, 1.54) is 35.2 Å². The van der Waals surface area contributed by atoms with Gasteiger partial charge in [0.2, 0.25) is 5.91 Å². The van der Waals surface area contributed by atoms with Gasteiger partial charge in [0.15, 0.2) is 5.78 Å². The lowest BCUT2D eigenvalue weighted by Gasteiger charge is -2.38. The molecule has 2 aromatic rings. The van der Waals surface area contributed by atoms with Crippen LogP contribution in [-0.2, 0) is 9.59 Å². The number of benzene rings is 2. The van der Waals surface area contributed by atoms with E-state index in [1.54, 1.807) is 18.2 Å². The maximum atomic E-state index is 13.1. The number of nitro benzene ring substituents is 1. The van der Waals surface area contributed by atoms with Crippen molar-refractivity contribution in [3.05, 3.63) is 81.0 Å². The number of nitro groups is 1. The molecule has 8 nitrogen and oxygen atoms in total. The summed E-state index contributed by atoms with van der Waals surface area (Å²) in [5, 5.41) is 22.2. The predicted molar refractivity (Wildman–Crippen MR) is 105 cm³/mol. The fourth-order valence-electron chi connectivity index (χ4n) is 4.18. The molecule has 30 heavy (non-hydrogen) atoms. The van der Waals surface area contributed by atoms with Gasteiger partial charge in [-0.05, 0) is 36.1 Å². The van der Waals surface area contributed by atoms with E-state index in [1.807, 2.05) is 0 Å². The zero-order valence-electron chi connectivity index (χ0n) is 15.9. The van der Waals surface area contributed by atoms with Crippen molar-refractivity contribution in [3.8, 4) is 0 Å². The Balaban J connectivity index is 1.81. The largest absolute Gasteiger partial charge is 0.545 e. The van der Waals surface area contributed by atoms with Crippen LogP contribution in [0.3, 0.4) is 0 Å². The van der Waals surface area contributed by atoms with Gasteiger partial charge in [0.25, 0.3) is 5.69 Å². The van der Waals surface area contributed by atoms with E-state index in [2.05, 4.69) is 0 Å². The summed E-state index contributed by atoms with van der Waals surface area (Å²) in [5.41, 5.74) is 2.02. The van der Waals surface area contributed by atoms with Crippen LogP contribution in [0, 0.1) is 10.1 Å². The first-order valence-corrected chi connectivity index (χ1v) is 9.52. The number of allylic oxidation sites excluding steroid dienone is 2. The minimum absolute atomic E-state index is 0.0118. The Labute approximate surface area is 171 Å². The van der Waals surface area contributed by atoms with Crippen LogP contribution in [0.5, 0.6) is 0 Å². The van der Waals surface area contributed by atoms with Crippen molar-refractivity contribution < 1.29 is 24.4 Å². The lowest BCUT2D eigenvalue weighted by Crippen LogP contribution is -2.40. The number of aromatic carboxylic acids is 1. The maximum absolute atomic E-state index is 13.1. The number of carboxylic acids is 1. The number of anilines is 1. The predicted octanol–water partition coefficient (Wildman–Crippen LogP) is 2.49. The van der Waals surface area contributed by atoms with E-state index in [0.717, 1.165) is 0 Å². The number of ketones is 1. The highest BCUT2D eigenvalue weighted by atomic mass is 16.6. The van der Waals surface area contributed by atoms with Crippen LogP contribution in [0.25, 0.3) is 0 Å². The molecule has 0 radical (unpaired) electrons. The van der Waals surface area contributed by atoms with E-state index < -0.39 is 16.8 Å². The number of nitrogens with zero attached hydrogens (tertiary/aromatic N) is 2. The van der Waals surface area contributed by atoms with Crippen molar-refractivity contribution in [3.63, 3.8) is 0 Å². The van der Waals surface area contributed by atoms with Gasteiger partial charge in [0.05, 0.1) is 10.9 Å². The molecule has 0 spiro atoms. The second-order valence-electron chi connectivity index (χ2n) is 7.31. The molecule has 8 heteroatoms. The Kier molecular flexibility index (Phi) is 4.91. The van der Waals surface area contributed by atoms with E-state index in [0.29, 0.717) is 41.8 Å². The highest BCUT2D eigenvalue weighted by Crippen LogP contribution is 2.43. The fraction of sp³-hybridized carbons (Fsp3) is 0.227. The summed E-state index contributed by atoms with van der Waals surface area (Å²) in [7, 11) is 0. The first kappa shape index (κ1) is 19.5. The molecule has 2 aromatic carbocycles. The molecule has 0 saturated carbocycles. The number of non-ortho nitro benzene ring substituents is 1. The summed E-state index contributed by atoms with van der Waals surface area (Å²) in [6.07, 6.45) is 1.47. The molecule has 4 rings (SSSR count). The van der Waals surface area contributed by atoms with Crippen LogP contribution in [0.1, 0.15) is 47.5 Å². The average Bonchev–Trinajstić information content (AvgIpc) is 2.73. The Morgan fingerprint density at radius 3 is 2.47 bits per heavy atom. The van der Waals surface area contributed by atoms with Crippen LogP contribution in [0.15, 0.2) is 59.8 Å². The number of amides is 1. The number of carbonyl (C=O) groups is 3. The molecule has 0 aromatic heterocycles. The number of hydrogen-bond donors (Lipinski definition) is 0. The van der Waals surface area contributed by atoms with Gasteiger partial charge in [-0.25, -0.2) is 0 Å². The summed E-state index contributed by atoms with van der Waals surface area (Å²) in [4.78, 5) is 49.0. The van der Waals surface area contributed by atoms with Crippen molar-refractivity contribution in [2.45, 2.75) is 31.6 Å². The van der Waals surface area contributed by atoms with Crippen LogP contribution in [-0.4, -0.2) is 22.6 Å². The van der Waals surface area contributed by atoms with Gasteiger partial charge >= 0.3 is 0 Å². The minimum Gasteiger partial charge on any atom is -0.545 e. The van der Waals surface area contributed by atoms with Gasteiger partial charge in [-0.3, -0.25) is 24.6 Å². The highest BCUT2D eigenvalue weighted by Gasteiger charge is 2.39. The molecule has 0 N–H and O–H groups in total. The first-order valence-electron chi connectivity index (χ1n) is 9.52. The van der Waals surface area contributed by atoms with Crippen molar-refractivity contribution in [1.82, 2.24) is 0 Å². The Bertz CT molecular complexity index is 1100. The molecule has 0 bridgehead atoms. The molecule has 1 amide bonds. The van der Waals surface area contributed by atoms with Crippen LogP contribution >= 0.6 is 0 Å². The van der Waals surface area contributed by atoms with E-state index in [9.17, 15) is 29.6 Å². The van der Waals surface area contributed by atoms with Gasteiger partial charge in [-0.2, -0.15) is 0 Å². The third-order valence-electron chi connectivity index (χ3n) is 5.52. The smallest absolute Gasteiger partial charge is 0.269 e. The van der Waals surface area contributed by atoms with Gasteiger partial charge in [0, 0.05) is 47.8 Å². The molecular formula is C22H17N2O6-. The number of carboxylic acid groups (broad SMARTS) is 1. The van der Waals surface area contributed by atoms with Gasteiger partial charge < -0.3 is 9.90 Å². The number of rotatable bonds is 4. The molecule has 0 fully saturated rings. The molecular weight excluding hydrogens is 388 g/mol. The average molecular weight is 405 g/mol. The Morgan fingerprint density at radius 2 is 1.80 bits per heavy atom. The second kappa shape index (κ2) is 7.55. The molecule has 152 valence electrons. The van der Waals surface area contributed by atoms with Crippen LogP contribution in [0.2, 0.25) is 0 Å². The standard InChI is InChI=1S/C22H18N2O6/c25-19-6-2-5-18-21(19)17(13-7-9-15(10-8-13)24(29)30)12-20(26)23(18)16-4-1-3-14(11-16)22(27)28/h1,3-4,7-11,17H,2,5-6,12H2,(H,27,28)/p-1/t17-/m1/s1. The van der Waals surface area contributed by atoms with Crippen molar-refractivity contribution >= 4 is 29.0 Å². The topological polar surface area (TPSA) is 121 Å². The molecule has 1 atom stereocenters. The summed E-state index contributed by atoms with van der Waals surface area (Å²) < 4.78 is 0. The zero-order valence-corrected chi connectivity index (χ0v) is 15.9. The second-order valence-corrected chi connectivity index (χ2v) is 7.31. The third kappa shape index (κ3) is 3.36. The Hall–Kier alpha value is -3.81. The van der Waals surface area contributed by atoms with Crippen molar-refractivity contribution in [2.24, 2.45) is 0 Å².